The van der Waals surface area contributed by atoms with Crippen LogP contribution in [0.4, 0.5) is 5.69 Å². The zero-order valence-corrected chi connectivity index (χ0v) is 10.2. The van der Waals surface area contributed by atoms with Crippen LogP contribution in [0.25, 0.3) is 0 Å². The number of carbonyl (C=O) groups is 2. The first-order chi connectivity index (χ1) is 7.95. The lowest BCUT2D eigenvalue weighted by Gasteiger charge is -2.12. The molecule has 0 saturated carbocycles. The first-order valence-corrected chi connectivity index (χ1v) is 5.31. The summed E-state index contributed by atoms with van der Waals surface area (Å²) in [6.07, 6.45) is -0.873. The lowest BCUT2D eigenvalue weighted by atomic mass is 10.2. The molecule has 1 aromatic carbocycles. The third kappa shape index (κ3) is 3.35. The molecule has 0 aliphatic carbocycles. The SMILES string of the molecule is CNC(=O)C(C)OC(=O)c1ccc(Cl)cc1N. The predicted molar refractivity (Wildman–Crippen MR) is 64.8 cm³/mol. The van der Waals surface area contributed by atoms with Crippen molar-refractivity contribution in [2.45, 2.75) is 13.0 Å². The van der Waals surface area contributed by atoms with Gasteiger partial charge in [0, 0.05) is 17.8 Å². The van der Waals surface area contributed by atoms with E-state index in [-0.39, 0.29) is 17.2 Å². The number of esters is 1. The van der Waals surface area contributed by atoms with Gasteiger partial charge in [0.1, 0.15) is 0 Å². The zero-order valence-electron chi connectivity index (χ0n) is 9.49. The summed E-state index contributed by atoms with van der Waals surface area (Å²) in [5.41, 5.74) is 6.02. The maximum Gasteiger partial charge on any atom is 0.341 e. The third-order valence-electron chi connectivity index (χ3n) is 2.13. The van der Waals surface area contributed by atoms with E-state index in [1.807, 2.05) is 0 Å². The molecule has 17 heavy (non-hydrogen) atoms. The molecule has 92 valence electrons. The molecule has 0 aromatic heterocycles. The van der Waals surface area contributed by atoms with Crippen LogP contribution in [0.15, 0.2) is 18.2 Å². The van der Waals surface area contributed by atoms with Gasteiger partial charge >= 0.3 is 5.97 Å². The van der Waals surface area contributed by atoms with Gasteiger partial charge in [0.2, 0.25) is 0 Å². The number of hydrogen-bond donors (Lipinski definition) is 2. The minimum Gasteiger partial charge on any atom is -0.449 e. The Balaban J connectivity index is 2.80. The number of likely N-dealkylation sites (N-methyl/N-ethyl adjacent to an activating group) is 1. The Kier molecular flexibility index (Phi) is 4.34. The fourth-order valence-electron chi connectivity index (χ4n) is 1.20. The van der Waals surface area contributed by atoms with Crippen LogP contribution in [-0.2, 0) is 9.53 Å². The number of hydrogen-bond acceptors (Lipinski definition) is 4. The quantitative estimate of drug-likeness (QED) is 0.629. The van der Waals surface area contributed by atoms with E-state index in [0.29, 0.717) is 5.02 Å². The van der Waals surface area contributed by atoms with E-state index in [4.69, 9.17) is 22.1 Å². The average Bonchev–Trinajstić information content (AvgIpc) is 2.27. The monoisotopic (exact) mass is 256 g/mol. The van der Waals surface area contributed by atoms with Gasteiger partial charge in [-0.2, -0.15) is 0 Å². The van der Waals surface area contributed by atoms with Crippen LogP contribution < -0.4 is 11.1 Å². The van der Waals surface area contributed by atoms with Crippen molar-refractivity contribution in [1.82, 2.24) is 5.32 Å². The topological polar surface area (TPSA) is 81.4 Å². The number of carbonyl (C=O) groups excluding carboxylic acids is 2. The highest BCUT2D eigenvalue weighted by molar-refractivity contribution is 6.31. The first kappa shape index (κ1) is 13.3. The number of amides is 1. The molecule has 0 heterocycles. The van der Waals surface area contributed by atoms with Gasteiger partial charge in [-0.1, -0.05) is 11.6 Å². The molecule has 6 heteroatoms. The molecule has 1 amide bonds. The molecule has 0 radical (unpaired) electrons. The van der Waals surface area contributed by atoms with E-state index in [9.17, 15) is 9.59 Å². The van der Waals surface area contributed by atoms with Crippen molar-refractivity contribution in [2.24, 2.45) is 0 Å². The second-order valence-electron chi connectivity index (χ2n) is 3.39. The molecule has 0 aliphatic rings. The van der Waals surface area contributed by atoms with Gasteiger partial charge in [-0.05, 0) is 25.1 Å². The molecule has 0 saturated heterocycles. The van der Waals surface area contributed by atoms with Crippen molar-refractivity contribution in [1.29, 1.82) is 0 Å². The largest absolute Gasteiger partial charge is 0.449 e. The van der Waals surface area contributed by atoms with Crippen LogP contribution >= 0.6 is 11.6 Å². The van der Waals surface area contributed by atoms with Crippen molar-refractivity contribution in [3.05, 3.63) is 28.8 Å². The first-order valence-electron chi connectivity index (χ1n) is 4.93. The van der Waals surface area contributed by atoms with Crippen LogP contribution in [0.2, 0.25) is 5.02 Å². The number of anilines is 1. The third-order valence-corrected chi connectivity index (χ3v) is 2.37. The number of nitrogens with one attached hydrogen (secondary N) is 1. The van der Waals surface area contributed by atoms with Crippen molar-refractivity contribution in [2.75, 3.05) is 12.8 Å². The standard InChI is InChI=1S/C11H13ClN2O3/c1-6(10(15)14-2)17-11(16)8-4-3-7(12)5-9(8)13/h3-6H,13H2,1-2H3,(H,14,15). The van der Waals surface area contributed by atoms with Gasteiger partial charge in [0.25, 0.3) is 5.91 Å². The molecule has 1 atom stereocenters. The minimum atomic E-state index is -0.873. The van der Waals surface area contributed by atoms with E-state index in [0.717, 1.165) is 0 Å². The van der Waals surface area contributed by atoms with Crippen LogP contribution in [0.5, 0.6) is 0 Å². The Morgan fingerprint density at radius 3 is 2.65 bits per heavy atom. The molecule has 0 bridgehead atoms. The number of halogens is 1. The van der Waals surface area contributed by atoms with Gasteiger partial charge in [0.05, 0.1) is 5.56 Å². The molecule has 0 spiro atoms. The van der Waals surface area contributed by atoms with Gasteiger partial charge in [0.15, 0.2) is 6.10 Å². The molecular formula is C11H13ClN2O3. The Morgan fingerprint density at radius 1 is 1.47 bits per heavy atom. The molecule has 5 nitrogen and oxygen atoms in total. The van der Waals surface area contributed by atoms with E-state index in [2.05, 4.69) is 5.32 Å². The smallest absolute Gasteiger partial charge is 0.341 e. The molecule has 0 aliphatic heterocycles. The summed E-state index contributed by atoms with van der Waals surface area (Å²) < 4.78 is 4.94. The van der Waals surface area contributed by atoms with Crippen molar-refractivity contribution in [3.63, 3.8) is 0 Å². The summed E-state index contributed by atoms with van der Waals surface area (Å²) in [6, 6.07) is 4.43. The van der Waals surface area contributed by atoms with Crippen molar-refractivity contribution < 1.29 is 14.3 Å². The highest BCUT2D eigenvalue weighted by Crippen LogP contribution is 2.19. The number of rotatable bonds is 3. The van der Waals surface area contributed by atoms with Crippen molar-refractivity contribution in [3.8, 4) is 0 Å². The predicted octanol–water partition coefficient (Wildman–Crippen LogP) is 1.21. The fourth-order valence-corrected chi connectivity index (χ4v) is 1.38. The lowest BCUT2D eigenvalue weighted by Crippen LogP contribution is -2.33. The summed E-state index contributed by atoms with van der Waals surface area (Å²) in [5, 5.41) is 2.81. The number of nitrogen functional groups attached to an aromatic ring is 1. The minimum absolute atomic E-state index is 0.185. The van der Waals surface area contributed by atoms with Crippen LogP contribution in [0.3, 0.4) is 0 Å². The maximum absolute atomic E-state index is 11.7. The second kappa shape index (κ2) is 5.54. The van der Waals surface area contributed by atoms with Crippen molar-refractivity contribution >= 4 is 29.2 Å². The lowest BCUT2D eigenvalue weighted by molar-refractivity contribution is -0.128. The Bertz CT molecular complexity index is 448. The summed E-state index contributed by atoms with van der Waals surface area (Å²) in [4.78, 5) is 22.9. The average molecular weight is 257 g/mol. The molecule has 0 fully saturated rings. The summed E-state index contributed by atoms with van der Waals surface area (Å²) in [5.74, 6) is -1.04. The van der Waals surface area contributed by atoms with E-state index >= 15 is 0 Å². The molecule has 3 N–H and O–H groups in total. The Hall–Kier alpha value is -1.75. The highest BCUT2D eigenvalue weighted by atomic mass is 35.5. The van der Waals surface area contributed by atoms with Crippen LogP contribution in [-0.4, -0.2) is 25.0 Å². The second-order valence-corrected chi connectivity index (χ2v) is 3.83. The molecule has 1 aromatic rings. The number of ether oxygens (including phenoxy) is 1. The van der Waals surface area contributed by atoms with Gasteiger partial charge < -0.3 is 15.8 Å². The van der Waals surface area contributed by atoms with E-state index in [1.165, 1.54) is 32.2 Å². The van der Waals surface area contributed by atoms with Gasteiger partial charge in [-0.25, -0.2) is 4.79 Å². The van der Waals surface area contributed by atoms with E-state index in [1.54, 1.807) is 0 Å². The molecule has 1 unspecified atom stereocenters. The van der Waals surface area contributed by atoms with Gasteiger partial charge in [-0.15, -0.1) is 0 Å². The summed E-state index contributed by atoms with van der Waals surface area (Å²) in [7, 11) is 1.46. The molecule has 1 rings (SSSR count). The van der Waals surface area contributed by atoms with E-state index < -0.39 is 12.1 Å². The molecular weight excluding hydrogens is 244 g/mol. The zero-order chi connectivity index (χ0) is 13.0. The number of nitrogens with two attached hydrogens (primary N) is 1. The van der Waals surface area contributed by atoms with Gasteiger partial charge in [-0.3, -0.25) is 4.79 Å². The van der Waals surface area contributed by atoms with Crippen LogP contribution in [0, 0.1) is 0 Å². The van der Waals surface area contributed by atoms with Crippen LogP contribution in [0.1, 0.15) is 17.3 Å². The summed E-state index contributed by atoms with van der Waals surface area (Å²) >= 11 is 5.70. The number of benzene rings is 1. The Labute approximate surface area is 104 Å². The highest BCUT2D eigenvalue weighted by Gasteiger charge is 2.19. The summed E-state index contributed by atoms with van der Waals surface area (Å²) in [6.45, 7) is 1.48. The maximum atomic E-state index is 11.7. The normalized spacial score (nSPS) is 11.7. The Morgan fingerprint density at radius 2 is 2.12 bits per heavy atom. The fraction of sp³-hybridized carbons (Fsp3) is 0.273.